The van der Waals surface area contributed by atoms with Crippen molar-refractivity contribution in [2.24, 2.45) is 0 Å². The molecular weight excluding hydrogens is 653 g/mol. The monoisotopic (exact) mass is 698 g/mol. The van der Waals surface area contributed by atoms with Crippen LogP contribution in [0.2, 0.25) is 0 Å². The number of carbonyl (C=O) groups excluding carboxylic acids is 3. The van der Waals surface area contributed by atoms with Crippen molar-refractivity contribution in [1.82, 2.24) is 21.3 Å². The van der Waals surface area contributed by atoms with E-state index in [4.69, 9.17) is 5.73 Å². The van der Waals surface area contributed by atoms with Gasteiger partial charge in [0.05, 0.1) is 30.1 Å². The Kier molecular flexibility index (Phi) is 12.8. The molecule has 11 nitrogen and oxygen atoms in total. The first-order valence-electron chi connectivity index (χ1n) is 16.4. The standard InChI is InChI=1S/C38H46N6O5S/c1-25(29-14-10-7-11-15-29)42-37(46)31-21-32(23-35(22-31)44(4)50(5,48)49)38(47)43-34(20-28-12-8-6-9-13-28)24-40-27(3)36(45)41-26(2)30-16-18-33(39)19-17-30/h6-19,21-23,25-27,34,40H,20,24,39H2,1-5H3,(H,41,45)(H,42,46)(H,43,47)/t25-,26-,27+,34+/m1/s1. The molecule has 0 aromatic heterocycles. The number of benzene rings is 4. The van der Waals surface area contributed by atoms with Crippen LogP contribution in [0.4, 0.5) is 11.4 Å². The molecule has 0 bridgehead atoms. The van der Waals surface area contributed by atoms with Gasteiger partial charge in [-0.1, -0.05) is 72.8 Å². The quantitative estimate of drug-likeness (QED) is 0.115. The van der Waals surface area contributed by atoms with Crippen molar-refractivity contribution in [2.75, 3.05) is 29.9 Å². The summed E-state index contributed by atoms with van der Waals surface area (Å²) in [4.78, 5) is 40.4. The SMILES string of the molecule is C[C@H](NC[C@H](Cc1ccccc1)NC(=O)c1cc(C(=O)N[C@H](C)c2ccccc2)cc(N(C)S(C)(=O)=O)c1)C(=O)N[C@H](C)c1ccc(N)cc1. The Labute approximate surface area is 294 Å². The highest BCUT2D eigenvalue weighted by Gasteiger charge is 2.23. The molecule has 6 N–H and O–H groups in total. The smallest absolute Gasteiger partial charge is 0.251 e. The van der Waals surface area contributed by atoms with Gasteiger partial charge in [0.2, 0.25) is 15.9 Å². The highest BCUT2D eigenvalue weighted by atomic mass is 32.2. The molecule has 0 aliphatic carbocycles. The lowest BCUT2D eigenvalue weighted by Crippen LogP contribution is -2.49. The van der Waals surface area contributed by atoms with Gasteiger partial charge in [-0.3, -0.25) is 18.7 Å². The predicted molar refractivity (Wildman–Crippen MR) is 198 cm³/mol. The summed E-state index contributed by atoms with van der Waals surface area (Å²) < 4.78 is 26.0. The maximum absolute atomic E-state index is 13.9. The van der Waals surface area contributed by atoms with E-state index >= 15 is 0 Å². The number of sulfonamides is 1. The third-order valence-corrected chi connectivity index (χ3v) is 9.68. The van der Waals surface area contributed by atoms with E-state index in [1.807, 2.05) is 86.6 Å². The van der Waals surface area contributed by atoms with Crippen LogP contribution in [0.5, 0.6) is 0 Å². The first kappa shape index (κ1) is 37.6. The number of anilines is 2. The molecule has 12 heteroatoms. The average Bonchev–Trinajstić information content (AvgIpc) is 3.10. The van der Waals surface area contributed by atoms with E-state index in [-0.39, 0.29) is 41.3 Å². The Morgan fingerprint density at radius 1 is 0.720 bits per heavy atom. The molecule has 4 aromatic rings. The summed E-state index contributed by atoms with van der Waals surface area (Å²) in [5.41, 5.74) is 9.61. The molecule has 4 atom stereocenters. The van der Waals surface area contributed by atoms with E-state index in [2.05, 4.69) is 21.3 Å². The van der Waals surface area contributed by atoms with Crippen LogP contribution in [0.3, 0.4) is 0 Å². The molecule has 0 heterocycles. The lowest BCUT2D eigenvalue weighted by Gasteiger charge is -2.24. The zero-order valence-corrected chi connectivity index (χ0v) is 29.8. The van der Waals surface area contributed by atoms with Crippen molar-refractivity contribution >= 4 is 39.1 Å². The molecule has 3 amide bonds. The molecule has 0 aliphatic rings. The summed E-state index contributed by atoms with van der Waals surface area (Å²) in [6.45, 7) is 5.73. The number of nitrogens with zero attached hydrogens (tertiary/aromatic N) is 1. The van der Waals surface area contributed by atoms with Gasteiger partial charge in [0.15, 0.2) is 0 Å². The fourth-order valence-corrected chi connectivity index (χ4v) is 5.80. The topological polar surface area (TPSA) is 163 Å². The van der Waals surface area contributed by atoms with Gasteiger partial charge in [-0.05, 0) is 74.2 Å². The Morgan fingerprint density at radius 3 is 1.82 bits per heavy atom. The molecule has 0 radical (unpaired) electrons. The number of amides is 3. The van der Waals surface area contributed by atoms with Gasteiger partial charge < -0.3 is 27.0 Å². The fraction of sp³-hybridized carbons (Fsp3) is 0.289. The van der Waals surface area contributed by atoms with E-state index in [1.165, 1.54) is 25.2 Å². The zero-order chi connectivity index (χ0) is 36.4. The minimum Gasteiger partial charge on any atom is -0.399 e. The Hall–Kier alpha value is -5.20. The molecule has 0 fully saturated rings. The van der Waals surface area contributed by atoms with Gasteiger partial charge in [0.25, 0.3) is 11.8 Å². The molecular formula is C38H46N6O5S. The van der Waals surface area contributed by atoms with E-state index in [0.717, 1.165) is 27.3 Å². The maximum atomic E-state index is 13.9. The van der Waals surface area contributed by atoms with Crippen LogP contribution in [-0.4, -0.2) is 58.1 Å². The third kappa shape index (κ3) is 10.6. The molecule has 0 unspecified atom stereocenters. The largest absolute Gasteiger partial charge is 0.399 e. The number of hydrogen-bond donors (Lipinski definition) is 5. The van der Waals surface area contributed by atoms with E-state index in [1.54, 1.807) is 19.1 Å². The molecule has 4 rings (SSSR count). The molecule has 0 aliphatic heterocycles. The minimum atomic E-state index is -3.71. The van der Waals surface area contributed by atoms with Gasteiger partial charge in [-0.25, -0.2) is 8.42 Å². The highest BCUT2D eigenvalue weighted by Crippen LogP contribution is 2.22. The number of rotatable bonds is 15. The second kappa shape index (κ2) is 17.0. The van der Waals surface area contributed by atoms with Crippen LogP contribution in [-0.2, 0) is 21.2 Å². The van der Waals surface area contributed by atoms with Gasteiger partial charge in [-0.15, -0.1) is 0 Å². The second-order valence-corrected chi connectivity index (χ2v) is 14.5. The predicted octanol–water partition coefficient (Wildman–Crippen LogP) is 4.35. The number of nitrogen functional groups attached to an aromatic ring is 1. The fourth-order valence-electron chi connectivity index (χ4n) is 5.31. The summed E-state index contributed by atoms with van der Waals surface area (Å²) >= 11 is 0. The van der Waals surface area contributed by atoms with E-state index < -0.39 is 33.9 Å². The van der Waals surface area contributed by atoms with Crippen molar-refractivity contribution in [3.63, 3.8) is 0 Å². The van der Waals surface area contributed by atoms with Crippen molar-refractivity contribution in [1.29, 1.82) is 0 Å². The first-order valence-corrected chi connectivity index (χ1v) is 18.2. The van der Waals surface area contributed by atoms with Crippen LogP contribution in [0.15, 0.2) is 103 Å². The maximum Gasteiger partial charge on any atom is 0.251 e. The normalized spacial score (nSPS) is 13.7. The Morgan fingerprint density at radius 2 is 1.24 bits per heavy atom. The highest BCUT2D eigenvalue weighted by molar-refractivity contribution is 7.92. The van der Waals surface area contributed by atoms with Crippen LogP contribution < -0.4 is 31.3 Å². The van der Waals surface area contributed by atoms with Gasteiger partial charge in [0.1, 0.15) is 0 Å². The lowest BCUT2D eigenvalue weighted by atomic mass is 10.0. The Balaban J connectivity index is 1.54. The number of hydrogen-bond acceptors (Lipinski definition) is 7. The van der Waals surface area contributed by atoms with Crippen LogP contribution in [0.25, 0.3) is 0 Å². The van der Waals surface area contributed by atoms with Crippen LogP contribution in [0, 0.1) is 0 Å². The van der Waals surface area contributed by atoms with Crippen molar-refractivity contribution in [2.45, 2.75) is 51.4 Å². The lowest BCUT2D eigenvalue weighted by molar-refractivity contribution is -0.123. The van der Waals surface area contributed by atoms with Crippen LogP contribution in [0.1, 0.15) is 70.3 Å². The number of nitrogens with two attached hydrogens (primary N) is 1. The minimum absolute atomic E-state index is 0.108. The molecule has 264 valence electrons. The summed E-state index contributed by atoms with van der Waals surface area (Å²) in [7, 11) is -2.34. The summed E-state index contributed by atoms with van der Waals surface area (Å²) in [6, 6.07) is 29.0. The van der Waals surface area contributed by atoms with Gasteiger partial charge >= 0.3 is 0 Å². The second-order valence-electron chi connectivity index (χ2n) is 12.5. The van der Waals surface area contributed by atoms with Gasteiger partial charge in [-0.2, -0.15) is 0 Å². The van der Waals surface area contributed by atoms with Crippen molar-refractivity contribution in [3.8, 4) is 0 Å². The Bertz CT molecular complexity index is 1870. The third-order valence-electron chi connectivity index (χ3n) is 8.47. The molecule has 0 saturated heterocycles. The summed E-state index contributed by atoms with van der Waals surface area (Å²) in [5.74, 6) is -1.18. The van der Waals surface area contributed by atoms with E-state index in [0.29, 0.717) is 12.1 Å². The van der Waals surface area contributed by atoms with Crippen LogP contribution >= 0.6 is 0 Å². The molecule has 4 aromatic carbocycles. The molecule has 50 heavy (non-hydrogen) atoms. The van der Waals surface area contributed by atoms with Crippen molar-refractivity contribution < 1.29 is 22.8 Å². The zero-order valence-electron chi connectivity index (χ0n) is 29.0. The summed E-state index contributed by atoms with van der Waals surface area (Å²) in [6.07, 6.45) is 1.49. The van der Waals surface area contributed by atoms with Gasteiger partial charge in [0, 0.05) is 36.4 Å². The molecule has 0 saturated carbocycles. The average molecular weight is 699 g/mol. The summed E-state index contributed by atoms with van der Waals surface area (Å²) in [5, 5.41) is 12.2. The van der Waals surface area contributed by atoms with E-state index in [9.17, 15) is 22.8 Å². The number of carbonyl (C=O) groups is 3. The first-order chi connectivity index (χ1) is 23.7. The van der Waals surface area contributed by atoms with Crippen molar-refractivity contribution in [3.05, 3.63) is 131 Å². The number of nitrogens with one attached hydrogen (secondary N) is 4. The molecule has 0 spiro atoms.